The molecule has 0 fully saturated rings. The van der Waals surface area contributed by atoms with Crippen LogP contribution in [0.4, 0.5) is 0 Å². The number of ether oxygens (including phenoxy) is 1. The van der Waals surface area contributed by atoms with Crippen LogP contribution >= 0.6 is 15.9 Å². The summed E-state index contributed by atoms with van der Waals surface area (Å²) in [6, 6.07) is 6.13. The first kappa shape index (κ1) is 14.2. The van der Waals surface area contributed by atoms with Gasteiger partial charge in [0.05, 0.1) is 11.1 Å². The molecule has 17 heavy (non-hydrogen) atoms. The SMILES string of the molecule is CCOc1ccc(C(C)CCC(C)=O)cc1Br. The number of Topliss-reactive ketones (excluding diaryl/α,β-unsaturated/α-hetero) is 1. The Morgan fingerprint density at radius 1 is 1.47 bits per heavy atom. The van der Waals surface area contributed by atoms with Crippen LogP contribution in [0.25, 0.3) is 0 Å². The molecule has 0 aliphatic carbocycles. The van der Waals surface area contributed by atoms with Crippen molar-refractivity contribution in [1.82, 2.24) is 0 Å². The van der Waals surface area contributed by atoms with Crippen LogP contribution in [-0.4, -0.2) is 12.4 Å². The van der Waals surface area contributed by atoms with Crippen molar-refractivity contribution < 1.29 is 9.53 Å². The molecule has 0 amide bonds. The molecule has 0 heterocycles. The minimum atomic E-state index is 0.252. The molecule has 3 heteroatoms. The topological polar surface area (TPSA) is 26.3 Å². The molecule has 0 radical (unpaired) electrons. The molecule has 0 aliphatic heterocycles. The summed E-state index contributed by atoms with van der Waals surface area (Å²) in [5, 5.41) is 0. The zero-order chi connectivity index (χ0) is 12.8. The third kappa shape index (κ3) is 4.50. The van der Waals surface area contributed by atoms with Gasteiger partial charge in [-0.25, -0.2) is 0 Å². The second-order valence-electron chi connectivity index (χ2n) is 4.26. The van der Waals surface area contributed by atoms with E-state index in [1.807, 2.05) is 13.0 Å². The summed E-state index contributed by atoms with van der Waals surface area (Å²) in [5.74, 6) is 1.52. The van der Waals surface area contributed by atoms with Crippen molar-refractivity contribution in [1.29, 1.82) is 0 Å². The van der Waals surface area contributed by atoms with E-state index >= 15 is 0 Å². The normalized spacial score (nSPS) is 12.2. The molecule has 1 atom stereocenters. The second-order valence-corrected chi connectivity index (χ2v) is 5.12. The molecule has 1 rings (SSSR count). The average Bonchev–Trinajstić information content (AvgIpc) is 2.28. The molecule has 0 bridgehead atoms. The molecule has 1 aromatic carbocycles. The van der Waals surface area contributed by atoms with Gasteiger partial charge in [0.1, 0.15) is 11.5 Å². The molecule has 1 aromatic rings. The maximum absolute atomic E-state index is 11.0. The van der Waals surface area contributed by atoms with Crippen molar-refractivity contribution in [3.05, 3.63) is 28.2 Å². The lowest BCUT2D eigenvalue weighted by Gasteiger charge is -2.13. The van der Waals surface area contributed by atoms with Crippen LogP contribution in [0.5, 0.6) is 5.75 Å². The maximum atomic E-state index is 11.0. The lowest BCUT2D eigenvalue weighted by Crippen LogP contribution is -1.99. The van der Waals surface area contributed by atoms with E-state index in [-0.39, 0.29) is 5.78 Å². The molecule has 2 nitrogen and oxygen atoms in total. The van der Waals surface area contributed by atoms with Crippen molar-refractivity contribution in [2.75, 3.05) is 6.61 Å². The molecule has 1 unspecified atom stereocenters. The fourth-order valence-electron chi connectivity index (χ4n) is 1.68. The molecule has 0 saturated heterocycles. The largest absolute Gasteiger partial charge is 0.493 e. The van der Waals surface area contributed by atoms with Crippen molar-refractivity contribution in [3.63, 3.8) is 0 Å². The molecule has 0 aliphatic rings. The number of rotatable bonds is 6. The summed E-state index contributed by atoms with van der Waals surface area (Å²) in [5.41, 5.74) is 1.24. The Labute approximate surface area is 111 Å². The van der Waals surface area contributed by atoms with Crippen LogP contribution < -0.4 is 4.74 Å². The summed E-state index contributed by atoms with van der Waals surface area (Å²) in [6.45, 7) is 6.42. The van der Waals surface area contributed by atoms with Gasteiger partial charge < -0.3 is 9.53 Å². The molecular formula is C14H19BrO2. The molecule has 0 N–H and O–H groups in total. The molecule has 0 spiro atoms. The fraction of sp³-hybridized carbons (Fsp3) is 0.500. The summed E-state index contributed by atoms with van der Waals surface area (Å²) < 4.78 is 6.45. The van der Waals surface area contributed by atoms with Crippen LogP contribution in [0.2, 0.25) is 0 Å². The highest BCUT2D eigenvalue weighted by molar-refractivity contribution is 9.10. The van der Waals surface area contributed by atoms with Crippen LogP contribution in [0.1, 0.15) is 45.1 Å². The summed E-state index contributed by atoms with van der Waals surface area (Å²) in [4.78, 5) is 11.0. The predicted molar refractivity (Wildman–Crippen MR) is 73.6 cm³/mol. The Kier molecular flexibility index (Phi) is 5.69. The Morgan fingerprint density at radius 2 is 2.18 bits per heavy atom. The number of carbonyl (C=O) groups excluding carboxylic acids is 1. The Bertz CT molecular complexity index is 388. The highest BCUT2D eigenvalue weighted by atomic mass is 79.9. The van der Waals surface area contributed by atoms with Gasteiger partial charge in [0.25, 0.3) is 0 Å². The van der Waals surface area contributed by atoms with Gasteiger partial charge in [-0.3, -0.25) is 0 Å². The van der Waals surface area contributed by atoms with E-state index in [1.54, 1.807) is 6.92 Å². The predicted octanol–water partition coefficient (Wildman–Crippen LogP) is 4.32. The highest BCUT2D eigenvalue weighted by Crippen LogP contribution is 2.30. The van der Waals surface area contributed by atoms with Crippen LogP contribution in [-0.2, 0) is 4.79 Å². The Morgan fingerprint density at radius 3 is 2.71 bits per heavy atom. The van der Waals surface area contributed by atoms with E-state index in [4.69, 9.17) is 4.74 Å². The monoisotopic (exact) mass is 298 g/mol. The van der Waals surface area contributed by atoms with E-state index in [1.165, 1.54) is 5.56 Å². The van der Waals surface area contributed by atoms with Gasteiger partial charge in [-0.2, -0.15) is 0 Å². The minimum absolute atomic E-state index is 0.252. The molecule has 94 valence electrons. The van der Waals surface area contributed by atoms with Gasteiger partial charge in [-0.1, -0.05) is 13.0 Å². The molecule has 0 saturated carbocycles. The first-order chi connectivity index (χ1) is 8.04. The minimum Gasteiger partial charge on any atom is -0.493 e. The lowest BCUT2D eigenvalue weighted by atomic mass is 9.95. The van der Waals surface area contributed by atoms with Gasteiger partial charge in [0, 0.05) is 6.42 Å². The van der Waals surface area contributed by atoms with Gasteiger partial charge in [-0.15, -0.1) is 0 Å². The summed E-state index contributed by atoms with van der Waals surface area (Å²) in [7, 11) is 0. The summed E-state index contributed by atoms with van der Waals surface area (Å²) >= 11 is 3.50. The van der Waals surface area contributed by atoms with E-state index in [2.05, 4.69) is 35.0 Å². The highest BCUT2D eigenvalue weighted by Gasteiger charge is 2.09. The van der Waals surface area contributed by atoms with Crippen LogP contribution in [0.3, 0.4) is 0 Å². The third-order valence-corrected chi connectivity index (χ3v) is 3.37. The Balaban J connectivity index is 2.71. The van der Waals surface area contributed by atoms with Crippen molar-refractivity contribution in [2.45, 2.75) is 39.5 Å². The third-order valence-electron chi connectivity index (χ3n) is 2.75. The number of hydrogen-bond acceptors (Lipinski definition) is 2. The average molecular weight is 299 g/mol. The van der Waals surface area contributed by atoms with Crippen LogP contribution in [0, 0.1) is 0 Å². The number of benzene rings is 1. The summed E-state index contributed by atoms with van der Waals surface area (Å²) in [6.07, 6.45) is 1.54. The van der Waals surface area contributed by atoms with Gasteiger partial charge in [0.2, 0.25) is 0 Å². The van der Waals surface area contributed by atoms with E-state index in [0.29, 0.717) is 18.9 Å². The van der Waals surface area contributed by atoms with E-state index in [9.17, 15) is 4.79 Å². The van der Waals surface area contributed by atoms with E-state index < -0.39 is 0 Å². The van der Waals surface area contributed by atoms with Crippen molar-refractivity contribution in [3.8, 4) is 5.75 Å². The van der Waals surface area contributed by atoms with Gasteiger partial charge >= 0.3 is 0 Å². The Hall–Kier alpha value is -0.830. The fourth-order valence-corrected chi connectivity index (χ4v) is 2.19. The first-order valence-electron chi connectivity index (χ1n) is 5.96. The van der Waals surface area contributed by atoms with Crippen molar-refractivity contribution >= 4 is 21.7 Å². The molecular weight excluding hydrogens is 280 g/mol. The number of ketones is 1. The van der Waals surface area contributed by atoms with Crippen molar-refractivity contribution in [2.24, 2.45) is 0 Å². The van der Waals surface area contributed by atoms with Crippen LogP contribution in [0.15, 0.2) is 22.7 Å². The van der Waals surface area contributed by atoms with E-state index in [0.717, 1.165) is 16.6 Å². The quantitative estimate of drug-likeness (QED) is 0.782. The zero-order valence-electron chi connectivity index (χ0n) is 10.6. The molecule has 0 aromatic heterocycles. The zero-order valence-corrected chi connectivity index (χ0v) is 12.2. The second kappa shape index (κ2) is 6.80. The lowest BCUT2D eigenvalue weighted by molar-refractivity contribution is -0.117. The van der Waals surface area contributed by atoms with Gasteiger partial charge in [0.15, 0.2) is 0 Å². The first-order valence-corrected chi connectivity index (χ1v) is 6.75. The number of hydrogen-bond donors (Lipinski definition) is 0. The smallest absolute Gasteiger partial charge is 0.133 e. The standard InChI is InChI=1S/C14H19BrO2/c1-4-17-14-8-7-12(9-13(14)15)10(2)5-6-11(3)16/h7-10H,4-6H2,1-3H3. The number of carbonyl (C=O) groups is 1. The van der Waals surface area contributed by atoms with Gasteiger partial charge in [-0.05, 0) is 59.8 Å². The number of halogens is 1. The maximum Gasteiger partial charge on any atom is 0.133 e.